The van der Waals surface area contributed by atoms with Crippen molar-refractivity contribution in [2.24, 2.45) is 7.05 Å². The molecule has 0 spiro atoms. The second-order valence-corrected chi connectivity index (χ2v) is 4.53. The number of imidazole rings is 1. The van der Waals surface area contributed by atoms with Crippen LogP contribution >= 0.6 is 0 Å². The standard InChI is InChI=1S/C14H17N3O3/c1-16-7-6-15-13(16)14(19)17(2)9-10-4-5-12(20-3)11(18)8-10/h4-8,18H,9H2,1-3H3. The van der Waals surface area contributed by atoms with Crippen molar-refractivity contribution in [2.75, 3.05) is 14.2 Å². The summed E-state index contributed by atoms with van der Waals surface area (Å²) in [6.07, 6.45) is 3.31. The van der Waals surface area contributed by atoms with Crippen molar-refractivity contribution in [1.29, 1.82) is 0 Å². The van der Waals surface area contributed by atoms with Crippen molar-refractivity contribution < 1.29 is 14.6 Å². The quantitative estimate of drug-likeness (QED) is 0.916. The molecule has 1 heterocycles. The van der Waals surface area contributed by atoms with Crippen molar-refractivity contribution in [3.05, 3.63) is 42.0 Å². The van der Waals surface area contributed by atoms with E-state index < -0.39 is 0 Å². The minimum absolute atomic E-state index is 0.0582. The third-order valence-corrected chi connectivity index (χ3v) is 3.02. The molecule has 0 aliphatic heterocycles. The number of carbonyl (C=O) groups excluding carboxylic acids is 1. The number of benzene rings is 1. The minimum Gasteiger partial charge on any atom is -0.504 e. The molecule has 0 aliphatic rings. The summed E-state index contributed by atoms with van der Waals surface area (Å²) in [7, 11) is 4.96. The van der Waals surface area contributed by atoms with Gasteiger partial charge >= 0.3 is 0 Å². The fraction of sp³-hybridized carbons (Fsp3) is 0.286. The SMILES string of the molecule is COc1ccc(CN(C)C(=O)c2nccn2C)cc1O. The number of hydrogen-bond donors (Lipinski definition) is 1. The minimum atomic E-state index is -0.173. The highest BCUT2D eigenvalue weighted by Crippen LogP contribution is 2.26. The maximum absolute atomic E-state index is 12.2. The average molecular weight is 275 g/mol. The van der Waals surface area contributed by atoms with Crippen LogP contribution < -0.4 is 4.74 Å². The Morgan fingerprint density at radius 2 is 2.25 bits per heavy atom. The lowest BCUT2D eigenvalue weighted by Crippen LogP contribution is -2.28. The summed E-state index contributed by atoms with van der Waals surface area (Å²) in [5, 5.41) is 9.73. The second kappa shape index (κ2) is 5.64. The molecule has 0 unspecified atom stereocenters. The summed E-state index contributed by atoms with van der Waals surface area (Å²) in [5.41, 5.74) is 0.813. The number of methoxy groups -OCH3 is 1. The Morgan fingerprint density at radius 3 is 2.80 bits per heavy atom. The first-order chi connectivity index (χ1) is 9.52. The molecule has 20 heavy (non-hydrogen) atoms. The van der Waals surface area contributed by atoms with Crippen molar-refractivity contribution in [3.63, 3.8) is 0 Å². The van der Waals surface area contributed by atoms with Crippen molar-refractivity contribution >= 4 is 5.91 Å². The molecular formula is C14H17N3O3. The maximum Gasteiger partial charge on any atom is 0.289 e. The van der Waals surface area contributed by atoms with E-state index in [1.807, 2.05) is 0 Å². The highest BCUT2D eigenvalue weighted by Gasteiger charge is 2.16. The largest absolute Gasteiger partial charge is 0.504 e. The first kappa shape index (κ1) is 13.9. The highest BCUT2D eigenvalue weighted by molar-refractivity contribution is 5.90. The van der Waals surface area contributed by atoms with Crippen LogP contribution in [-0.4, -0.2) is 39.6 Å². The van der Waals surface area contributed by atoms with Gasteiger partial charge in [0.15, 0.2) is 17.3 Å². The van der Waals surface area contributed by atoms with E-state index in [0.717, 1.165) is 5.56 Å². The van der Waals surface area contributed by atoms with E-state index in [1.54, 1.807) is 54.2 Å². The van der Waals surface area contributed by atoms with Crippen LogP contribution in [0.15, 0.2) is 30.6 Å². The summed E-state index contributed by atoms with van der Waals surface area (Å²) in [4.78, 5) is 17.8. The smallest absolute Gasteiger partial charge is 0.289 e. The molecule has 2 aromatic rings. The van der Waals surface area contributed by atoms with Crippen LogP contribution in [0.5, 0.6) is 11.5 Å². The molecule has 0 saturated heterocycles. The second-order valence-electron chi connectivity index (χ2n) is 4.53. The third-order valence-electron chi connectivity index (χ3n) is 3.02. The Hall–Kier alpha value is -2.50. The normalized spacial score (nSPS) is 10.3. The molecular weight excluding hydrogens is 258 g/mol. The van der Waals surface area contributed by atoms with Gasteiger partial charge in [0, 0.05) is 33.0 Å². The van der Waals surface area contributed by atoms with Gasteiger partial charge < -0.3 is 19.3 Å². The number of nitrogens with zero attached hydrogens (tertiary/aromatic N) is 3. The summed E-state index contributed by atoms with van der Waals surface area (Å²) in [5.74, 6) is 0.674. The van der Waals surface area contributed by atoms with Crippen molar-refractivity contribution in [2.45, 2.75) is 6.54 Å². The molecule has 6 heteroatoms. The van der Waals surface area contributed by atoms with Crippen LogP contribution in [0.3, 0.4) is 0 Å². The number of hydrogen-bond acceptors (Lipinski definition) is 4. The zero-order valence-corrected chi connectivity index (χ0v) is 11.7. The first-order valence-electron chi connectivity index (χ1n) is 6.11. The average Bonchev–Trinajstić information content (AvgIpc) is 2.84. The Bertz CT molecular complexity index is 622. The molecule has 0 saturated carbocycles. The Morgan fingerprint density at radius 1 is 1.50 bits per heavy atom. The number of phenolic OH excluding ortho intramolecular Hbond substituents is 1. The Kier molecular flexibility index (Phi) is 3.93. The van der Waals surface area contributed by atoms with Crippen LogP contribution in [0.4, 0.5) is 0 Å². The van der Waals surface area contributed by atoms with E-state index in [0.29, 0.717) is 18.1 Å². The maximum atomic E-state index is 12.2. The molecule has 0 aliphatic carbocycles. The fourth-order valence-electron chi connectivity index (χ4n) is 1.92. The van der Waals surface area contributed by atoms with Crippen LogP contribution in [0.1, 0.15) is 16.2 Å². The Labute approximate surface area is 117 Å². The molecule has 2 rings (SSSR count). The van der Waals surface area contributed by atoms with E-state index in [4.69, 9.17) is 4.74 Å². The number of aromatic nitrogens is 2. The lowest BCUT2D eigenvalue weighted by molar-refractivity contribution is 0.0769. The molecule has 0 atom stereocenters. The number of amides is 1. The summed E-state index contributed by atoms with van der Waals surface area (Å²) in [6.45, 7) is 0.378. The molecule has 0 radical (unpaired) electrons. The number of aryl methyl sites for hydroxylation is 1. The summed E-state index contributed by atoms with van der Waals surface area (Å²) >= 11 is 0. The monoisotopic (exact) mass is 275 g/mol. The van der Waals surface area contributed by atoms with Gasteiger partial charge in [0.2, 0.25) is 0 Å². The lowest BCUT2D eigenvalue weighted by atomic mass is 10.2. The van der Waals surface area contributed by atoms with Gasteiger partial charge in [0.25, 0.3) is 5.91 Å². The van der Waals surface area contributed by atoms with Crippen LogP contribution in [0.2, 0.25) is 0 Å². The highest BCUT2D eigenvalue weighted by atomic mass is 16.5. The van der Waals surface area contributed by atoms with E-state index >= 15 is 0 Å². The molecule has 1 aromatic carbocycles. The van der Waals surface area contributed by atoms with Crippen molar-refractivity contribution in [1.82, 2.24) is 14.5 Å². The van der Waals surface area contributed by atoms with E-state index in [1.165, 1.54) is 7.11 Å². The van der Waals surface area contributed by atoms with Gasteiger partial charge in [-0.3, -0.25) is 4.79 Å². The number of carbonyl (C=O) groups is 1. The van der Waals surface area contributed by atoms with E-state index in [-0.39, 0.29) is 11.7 Å². The fourth-order valence-corrected chi connectivity index (χ4v) is 1.92. The van der Waals surface area contributed by atoms with Gasteiger partial charge in [-0.2, -0.15) is 0 Å². The van der Waals surface area contributed by atoms with Crippen molar-refractivity contribution in [3.8, 4) is 11.5 Å². The van der Waals surface area contributed by atoms with Crippen LogP contribution in [0.25, 0.3) is 0 Å². The predicted molar refractivity (Wildman–Crippen MR) is 73.7 cm³/mol. The van der Waals surface area contributed by atoms with E-state index in [2.05, 4.69) is 4.98 Å². The van der Waals surface area contributed by atoms with Gasteiger partial charge in [-0.05, 0) is 17.7 Å². The van der Waals surface area contributed by atoms with Gasteiger partial charge in [0.05, 0.1) is 7.11 Å². The zero-order chi connectivity index (χ0) is 14.7. The molecule has 106 valence electrons. The topological polar surface area (TPSA) is 67.6 Å². The molecule has 0 fully saturated rings. The van der Waals surface area contributed by atoms with Gasteiger partial charge in [-0.1, -0.05) is 6.07 Å². The molecule has 1 aromatic heterocycles. The first-order valence-corrected chi connectivity index (χ1v) is 6.11. The predicted octanol–water partition coefficient (Wildman–Crippen LogP) is 1.41. The molecule has 0 bridgehead atoms. The van der Waals surface area contributed by atoms with E-state index in [9.17, 15) is 9.90 Å². The van der Waals surface area contributed by atoms with Crippen LogP contribution in [0, 0.1) is 0 Å². The zero-order valence-electron chi connectivity index (χ0n) is 11.7. The number of ether oxygens (including phenoxy) is 1. The van der Waals surface area contributed by atoms with Gasteiger partial charge in [0.1, 0.15) is 0 Å². The number of rotatable bonds is 4. The summed E-state index contributed by atoms with van der Waals surface area (Å²) in [6, 6.07) is 5.06. The number of aromatic hydroxyl groups is 1. The third kappa shape index (κ3) is 2.74. The molecule has 6 nitrogen and oxygen atoms in total. The van der Waals surface area contributed by atoms with Gasteiger partial charge in [-0.15, -0.1) is 0 Å². The molecule has 1 N–H and O–H groups in total. The summed E-state index contributed by atoms with van der Waals surface area (Å²) < 4.78 is 6.65. The van der Waals surface area contributed by atoms with Crippen LogP contribution in [-0.2, 0) is 13.6 Å². The molecule has 1 amide bonds. The Balaban J connectivity index is 2.12. The van der Waals surface area contributed by atoms with Gasteiger partial charge in [-0.25, -0.2) is 4.98 Å². The number of phenols is 1. The lowest BCUT2D eigenvalue weighted by Gasteiger charge is -2.17.